The van der Waals surface area contributed by atoms with E-state index in [1.807, 2.05) is 22.7 Å². The van der Waals surface area contributed by atoms with Crippen LogP contribution in [0.4, 0.5) is 22.0 Å². The maximum absolute atomic E-state index is 14.1. The molecule has 1 aliphatic heterocycles. The summed E-state index contributed by atoms with van der Waals surface area (Å²) < 4.78 is 66.4. The second-order valence-electron chi connectivity index (χ2n) is 6.56. The van der Waals surface area contributed by atoms with E-state index in [4.69, 9.17) is 14.6 Å². The van der Waals surface area contributed by atoms with Crippen LogP contribution in [0.1, 0.15) is 29.9 Å². The van der Waals surface area contributed by atoms with Crippen LogP contribution >= 0.6 is 0 Å². The molecule has 7 nitrogen and oxygen atoms in total. The number of ether oxygens (including phenoxy) is 1. The van der Waals surface area contributed by atoms with Gasteiger partial charge in [0.1, 0.15) is 11.9 Å². The number of esters is 1. The number of hydrogen-bond acceptors (Lipinski definition) is 5. The van der Waals surface area contributed by atoms with Crippen LogP contribution in [-0.2, 0) is 34.3 Å². The maximum atomic E-state index is 14.1. The molecule has 1 aromatic heterocycles. The van der Waals surface area contributed by atoms with Crippen LogP contribution in [0.5, 0.6) is 0 Å². The Labute approximate surface area is 174 Å². The number of benzene rings is 1. The molecule has 0 saturated heterocycles. The van der Waals surface area contributed by atoms with Gasteiger partial charge in [-0.25, -0.2) is 23.4 Å². The number of alkyl halides is 3. The van der Waals surface area contributed by atoms with Crippen molar-refractivity contribution in [2.75, 3.05) is 13.2 Å². The van der Waals surface area contributed by atoms with E-state index >= 15 is 0 Å². The first kappa shape index (κ1) is 24.3. The van der Waals surface area contributed by atoms with Crippen LogP contribution in [0.15, 0.2) is 24.5 Å². The van der Waals surface area contributed by atoms with E-state index in [0.29, 0.717) is 25.1 Å². The molecule has 3 rings (SSSR count). The third-order valence-corrected chi connectivity index (χ3v) is 4.56. The van der Waals surface area contributed by atoms with Crippen LogP contribution in [0.2, 0.25) is 0 Å². The fraction of sp³-hybridized carbons (Fsp3) is 0.421. The lowest BCUT2D eigenvalue weighted by atomic mass is 9.91. The fourth-order valence-electron chi connectivity index (χ4n) is 3.10. The average molecular weight is 449 g/mol. The number of fused-ring (bicyclic) bond motifs is 1. The predicted molar refractivity (Wildman–Crippen MR) is 96.7 cm³/mol. The molecule has 1 N–H and O–H groups in total. The predicted octanol–water partition coefficient (Wildman–Crippen LogP) is 2.99. The smallest absolute Gasteiger partial charge is 0.475 e. The Morgan fingerprint density at radius 2 is 1.94 bits per heavy atom. The molecule has 170 valence electrons. The first-order valence-corrected chi connectivity index (χ1v) is 9.11. The van der Waals surface area contributed by atoms with Gasteiger partial charge in [-0.05, 0) is 30.5 Å². The number of hydrogen-bond donors (Lipinski definition) is 1. The summed E-state index contributed by atoms with van der Waals surface area (Å²) >= 11 is 0. The molecule has 2 aromatic rings. The van der Waals surface area contributed by atoms with Gasteiger partial charge in [-0.15, -0.1) is 0 Å². The SMILES string of the molecule is CCOC(=O)C1c2ccc(F)c(F)c2CCN1Cc1nccn1C.O=C(O)C(F)(F)F. The molecule has 12 heteroatoms. The summed E-state index contributed by atoms with van der Waals surface area (Å²) in [4.78, 5) is 27.5. The zero-order valence-corrected chi connectivity index (χ0v) is 16.6. The fourth-order valence-corrected chi connectivity index (χ4v) is 3.10. The van der Waals surface area contributed by atoms with E-state index in [1.54, 1.807) is 13.1 Å². The summed E-state index contributed by atoms with van der Waals surface area (Å²) in [6.07, 6.45) is -1.25. The molecule has 1 aromatic carbocycles. The first-order chi connectivity index (χ1) is 14.5. The van der Waals surface area contributed by atoms with E-state index in [1.165, 1.54) is 6.07 Å². The normalized spacial score (nSPS) is 16.2. The minimum Gasteiger partial charge on any atom is -0.475 e. The van der Waals surface area contributed by atoms with Crippen LogP contribution in [-0.4, -0.2) is 50.8 Å². The highest BCUT2D eigenvalue weighted by molar-refractivity contribution is 5.78. The molecule has 31 heavy (non-hydrogen) atoms. The number of aliphatic carboxylic acids is 1. The molecule has 0 saturated carbocycles. The average Bonchev–Trinajstić information content (AvgIpc) is 3.09. The standard InChI is InChI=1S/C17H19F2N3O2.C2HF3O2/c1-3-24-17(23)16-12-4-5-13(18)15(19)11(12)6-8-22(16)10-14-20-7-9-21(14)2;3-2(4,5)1(6)7/h4-5,7,9,16H,3,6,8,10H2,1-2H3;(H,6,7). The molecule has 0 bridgehead atoms. The molecule has 1 unspecified atom stereocenters. The Hall–Kier alpha value is -3.02. The number of carboxylic acids is 1. The third-order valence-electron chi connectivity index (χ3n) is 4.56. The number of imidazole rings is 1. The summed E-state index contributed by atoms with van der Waals surface area (Å²) in [6.45, 7) is 2.79. The van der Waals surface area contributed by atoms with Gasteiger partial charge in [0.2, 0.25) is 0 Å². The lowest BCUT2D eigenvalue weighted by molar-refractivity contribution is -0.192. The maximum Gasteiger partial charge on any atom is 0.490 e. The van der Waals surface area contributed by atoms with Gasteiger partial charge in [0.25, 0.3) is 0 Å². The van der Waals surface area contributed by atoms with Gasteiger partial charge in [0.05, 0.1) is 13.2 Å². The Balaban J connectivity index is 0.000000423. The largest absolute Gasteiger partial charge is 0.490 e. The molecule has 0 fully saturated rings. The van der Waals surface area contributed by atoms with Gasteiger partial charge in [0, 0.05) is 26.0 Å². The Morgan fingerprint density at radius 3 is 2.45 bits per heavy atom. The Bertz CT molecular complexity index is 945. The summed E-state index contributed by atoms with van der Waals surface area (Å²) in [6, 6.07) is 1.77. The highest BCUT2D eigenvalue weighted by Gasteiger charge is 2.38. The van der Waals surface area contributed by atoms with Crippen molar-refractivity contribution in [2.24, 2.45) is 7.05 Å². The first-order valence-electron chi connectivity index (χ1n) is 9.11. The number of halogens is 5. The lowest BCUT2D eigenvalue weighted by Gasteiger charge is -2.35. The van der Waals surface area contributed by atoms with Crippen LogP contribution in [0.3, 0.4) is 0 Å². The van der Waals surface area contributed by atoms with E-state index in [9.17, 15) is 26.7 Å². The molecule has 0 amide bonds. The summed E-state index contributed by atoms with van der Waals surface area (Å²) in [5, 5.41) is 7.12. The van der Waals surface area contributed by atoms with Crippen molar-refractivity contribution in [3.8, 4) is 0 Å². The van der Waals surface area contributed by atoms with Gasteiger partial charge in [0.15, 0.2) is 11.6 Å². The number of carboxylic acid groups (broad SMARTS) is 1. The molecular weight excluding hydrogens is 429 g/mol. The highest BCUT2D eigenvalue weighted by atomic mass is 19.4. The zero-order valence-electron chi connectivity index (χ0n) is 16.6. The van der Waals surface area contributed by atoms with Crippen molar-refractivity contribution >= 4 is 11.9 Å². The van der Waals surface area contributed by atoms with E-state index in [-0.39, 0.29) is 12.2 Å². The van der Waals surface area contributed by atoms with Crippen molar-refractivity contribution in [2.45, 2.75) is 32.1 Å². The quantitative estimate of drug-likeness (QED) is 0.571. The summed E-state index contributed by atoms with van der Waals surface area (Å²) in [7, 11) is 1.87. The minimum absolute atomic E-state index is 0.227. The van der Waals surface area contributed by atoms with Gasteiger partial charge < -0.3 is 14.4 Å². The van der Waals surface area contributed by atoms with Crippen molar-refractivity contribution in [1.82, 2.24) is 14.5 Å². The number of aryl methyl sites for hydroxylation is 1. The van der Waals surface area contributed by atoms with Crippen LogP contribution in [0, 0.1) is 11.6 Å². The second-order valence-corrected chi connectivity index (χ2v) is 6.56. The lowest BCUT2D eigenvalue weighted by Crippen LogP contribution is -2.41. The van der Waals surface area contributed by atoms with Gasteiger partial charge in [-0.3, -0.25) is 4.90 Å². The summed E-state index contributed by atoms with van der Waals surface area (Å²) in [5.41, 5.74) is 0.719. The molecule has 0 aliphatic carbocycles. The molecular formula is C19H20F5N3O4. The Morgan fingerprint density at radius 1 is 1.29 bits per heavy atom. The Kier molecular flexibility index (Phi) is 7.71. The van der Waals surface area contributed by atoms with Gasteiger partial charge in [-0.2, -0.15) is 13.2 Å². The van der Waals surface area contributed by atoms with E-state index < -0.39 is 35.8 Å². The van der Waals surface area contributed by atoms with Gasteiger partial charge >= 0.3 is 18.1 Å². The molecule has 2 heterocycles. The third kappa shape index (κ3) is 5.78. The van der Waals surface area contributed by atoms with Crippen LogP contribution < -0.4 is 0 Å². The van der Waals surface area contributed by atoms with Crippen molar-refractivity contribution in [1.29, 1.82) is 0 Å². The van der Waals surface area contributed by atoms with Crippen molar-refractivity contribution in [3.05, 3.63) is 53.1 Å². The second kappa shape index (κ2) is 9.86. The van der Waals surface area contributed by atoms with Crippen LogP contribution in [0.25, 0.3) is 0 Å². The number of rotatable bonds is 4. The molecule has 0 spiro atoms. The van der Waals surface area contributed by atoms with E-state index in [0.717, 1.165) is 11.9 Å². The number of carbonyl (C=O) groups is 2. The number of nitrogens with zero attached hydrogens (tertiary/aromatic N) is 3. The summed E-state index contributed by atoms with van der Waals surface area (Å²) in [5.74, 6) is -4.20. The molecule has 0 radical (unpaired) electrons. The van der Waals surface area contributed by atoms with Crippen molar-refractivity contribution in [3.63, 3.8) is 0 Å². The number of carbonyl (C=O) groups excluding carboxylic acids is 1. The zero-order chi connectivity index (χ0) is 23.3. The highest BCUT2D eigenvalue weighted by Crippen LogP contribution is 2.34. The van der Waals surface area contributed by atoms with Gasteiger partial charge in [-0.1, -0.05) is 6.07 Å². The molecule has 1 atom stereocenters. The van der Waals surface area contributed by atoms with Crippen molar-refractivity contribution < 1.29 is 41.4 Å². The number of aromatic nitrogens is 2. The van der Waals surface area contributed by atoms with E-state index in [2.05, 4.69) is 4.98 Å². The minimum atomic E-state index is -5.08. The topological polar surface area (TPSA) is 84.7 Å². The molecule has 1 aliphatic rings. The monoisotopic (exact) mass is 449 g/mol.